The maximum absolute atomic E-state index is 12.2. The molecule has 32 heavy (non-hydrogen) atoms. The van der Waals surface area contributed by atoms with Gasteiger partial charge in [-0.2, -0.15) is 5.26 Å². The first kappa shape index (κ1) is 22.3. The second-order valence-electron chi connectivity index (χ2n) is 6.63. The number of esters is 2. The fraction of sp³-hybridized carbons (Fsp3) is 0.167. The van der Waals surface area contributed by atoms with Gasteiger partial charge in [-0.25, -0.2) is 14.4 Å². The number of aryl methyl sites for hydroxylation is 1. The minimum atomic E-state index is -0.729. The van der Waals surface area contributed by atoms with Crippen molar-refractivity contribution >= 4 is 29.0 Å². The van der Waals surface area contributed by atoms with Crippen molar-refractivity contribution in [3.8, 4) is 17.6 Å². The third kappa shape index (κ3) is 5.61. The molecule has 0 aliphatic heterocycles. The van der Waals surface area contributed by atoms with Crippen molar-refractivity contribution in [2.45, 2.75) is 13.8 Å². The highest BCUT2D eigenvalue weighted by Gasteiger charge is 2.11. The van der Waals surface area contributed by atoms with Crippen LogP contribution in [0.4, 0.5) is 0 Å². The van der Waals surface area contributed by atoms with E-state index in [9.17, 15) is 14.4 Å². The predicted octanol–water partition coefficient (Wildman–Crippen LogP) is 3.56. The molecule has 162 valence electrons. The van der Waals surface area contributed by atoms with Crippen LogP contribution < -0.4 is 15.1 Å². The molecule has 8 nitrogen and oxygen atoms in total. The van der Waals surface area contributed by atoms with Crippen molar-refractivity contribution in [3.05, 3.63) is 75.7 Å². The van der Waals surface area contributed by atoms with Crippen LogP contribution in [0.3, 0.4) is 0 Å². The highest BCUT2D eigenvalue weighted by atomic mass is 16.6. The first-order valence-corrected chi connectivity index (χ1v) is 9.66. The predicted molar refractivity (Wildman–Crippen MR) is 115 cm³/mol. The zero-order chi connectivity index (χ0) is 23.1. The lowest BCUT2D eigenvalue weighted by molar-refractivity contribution is -0.138. The quantitative estimate of drug-likeness (QED) is 0.183. The molecule has 0 spiro atoms. The second-order valence-corrected chi connectivity index (χ2v) is 6.63. The highest BCUT2D eigenvalue weighted by Crippen LogP contribution is 2.22. The summed E-state index contributed by atoms with van der Waals surface area (Å²) in [4.78, 5) is 35.5. The van der Waals surface area contributed by atoms with Crippen molar-refractivity contribution in [2.75, 3.05) is 13.2 Å². The van der Waals surface area contributed by atoms with Gasteiger partial charge in [-0.15, -0.1) is 0 Å². The lowest BCUT2D eigenvalue weighted by atomic mass is 10.1. The number of hydrogen-bond acceptors (Lipinski definition) is 8. The summed E-state index contributed by atoms with van der Waals surface area (Å²) < 4.78 is 20.7. The van der Waals surface area contributed by atoms with Gasteiger partial charge in [-0.05, 0) is 55.3 Å². The summed E-state index contributed by atoms with van der Waals surface area (Å²) in [5, 5.41) is 9.90. The van der Waals surface area contributed by atoms with Gasteiger partial charge in [-0.1, -0.05) is 12.1 Å². The molecule has 8 heteroatoms. The van der Waals surface area contributed by atoms with Crippen LogP contribution >= 0.6 is 0 Å². The van der Waals surface area contributed by atoms with E-state index in [-0.39, 0.29) is 24.5 Å². The smallest absolute Gasteiger partial charge is 0.349 e. The summed E-state index contributed by atoms with van der Waals surface area (Å²) in [6.07, 6.45) is 1.34. The van der Waals surface area contributed by atoms with Gasteiger partial charge < -0.3 is 18.6 Å². The standard InChI is InChI=1S/C24H19NO7/c1-3-29-24(28)17(13-25)10-16-5-4-6-19(11-16)31-23(27)14-30-18-7-8-20-15(2)9-22(26)32-21(20)12-18/h4-12H,3,14H2,1-2H3/b17-10+. The average molecular weight is 433 g/mol. The largest absolute Gasteiger partial charge is 0.482 e. The number of fused-ring (bicyclic) bond motifs is 1. The van der Waals surface area contributed by atoms with Crippen molar-refractivity contribution in [1.82, 2.24) is 0 Å². The van der Waals surface area contributed by atoms with Gasteiger partial charge in [0.25, 0.3) is 0 Å². The van der Waals surface area contributed by atoms with E-state index in [1.54, 1.807) is 50.2 Å². The molecule has 3 rings (SSSR count). The summed E-state index contributed by atoms with van der Waals surface area (Å²) in [5.41, 5.74) is 0.981. The molecule has 0 unspecified atom stereocenters. The number of nitrogens with zero attached hydrogens (tertiary/aromatic N) is 1. The van der Waals surface area contributed by atoms with Crippen molar-refractivity contribution in [2.24, 2.45) is 0 Å². The molecule has 0 amide bonds. The number of rotatable bonds is 7. The summed E-state index contributed by atoms with van der Waals surface area (Å²) in [6.45, 7) is 3.21. The molecule has 1 aromatic heterocycles. The number of carbonyl (C=O) groups is 2. The Morgan fingerprint density at radius 3 is 2.69 bits per heavy atom. The molecular weight excluding hydrogens is 414 g/mol. The van der Waals surface area contributed by atoms with E-state index < -0.39 is 17.6 Å². The topological polar surface area (TPSA) is 116 Å². The Morgan fingerprint density at radius 1 is 1.12 bits per heavy atom. The van der Waals surface area contributed by atoms with Gasteiger partial charge in [0.15, 0.2) is 6.61 Å². The van der Waals surface area contributed by atoms with Crippen molar-refractivity contribution in [3.63, 3.8) is 0 Å². The SMILES string of the molecule is CCOC(=O)/C(C#N)=C/c1cccc(OC(=O)COc2ccc3c(C)cc(=O)oc3c2)c1. The first-order valence-electron chi connectivity index (χ1n) is 9.66. The number of nitriles is 1. The van der Waals surface area contributed by atoms with Gasteiger partial charge >= 0.3 is 17.6 Å². The van der Waals surface area contributed by atoms with Gasteiger partial charge in [0.1, 0.15) is 28.7 Å². The lowest BCUT2D eigenvalue weighted by Crippen LogP contribution is -2.17. The lowest BCUT2D eigenvalue weighted by Gasteiger charge is -2.08. The molecule has 2 aromatic carbocycles. The van der Waals surface area contributed by atoms with E-state index in [4.69, 9.17) is 23.9 Å². The average Bonchev–Trinajstić information content (AvgIpc) is 2.76. The summed E-state index contributed by atoms with van der Waals surface area (Å²) in [6, 6.07) is 14.4. The molecule has 0 N–H and O–H groups in total. The second kappa shape index (κ2) is 10.1. The van der Waals surface area contributed by atoms with Crippen LogP contribution in [0.15, 0.2) is 63.3 Å². The molecule has 0 saturated heterocycles. The van der Waals surface area contributed by atoms with Crippen LogP contribution in [-0.4, -0.2) is 25.2 Å². The Morgan fingerprint density at radius 2 is 1.94 bits per heavy atom. The first-order chi connectivity index (χ1) is 15.4. The maximum atomic E-state index is 12.2. The summed E-state index contributed by atoms with van der Waals surface area (Å²) >= 11 is 0. The third-order valence-corrected chi connectivity index (χ3v) is 4.30. The molecule has 0 bridgehead atoms. The monoisotopic (exact) mass is 433 g/mol. The Balaban J connectivity index is 1.66. The minimum absolute atomic E-state index is 0.151. The number of hydrogen-bond donors (Lipinski definition) is 0. The number of carbonyl (C=O) groups excluding carboxylic acids is 2. The van der Waals surface area contributed by atoms with Crippen LogP contribution in [0.1, 0.15) is 18.1 Å². The summed E-state index contributed by atoms with van der Waals surface area (Å²) in [7, 11) is 0. The van der Waals surface area contributed by atoms with Crippen LogP contribution in [0.2, 0.25) is 0 Å². The van der Waals surface area contributed by atoms with E-state index in [2.05, 4.69) is 0 Å². The number of benzene rings is 2. The molecule has 0 aliphatic rings. The Kier molecular flexibility index (Phi) is 7.03. The zero-order valence-electron chi connectivity index (χ0n) is 17.4. The van der Waals surface area contributed by atoms with Gasteiger partial charge in [-0.3, -0.25) is 0 Å². The molecule has 3 aromatic rings. The Labute approximate surface area is 183 Å². The van der Waals surface area contributed by atoms with Crippen molar-refractivity contribution < 1.29 is 28.2 Å². The van der Waals surface area contributed by atoms with E-state index in [0.717, 1.165) is 10.9 Å². The molecule has 0 fully saturated rings. The van der Waals surface area contributed by atoms with Crippen LogP contribution in [0, 0.1) is 18.3 Å². The Hall–Kier alpha value is -4.38. The summed E-state index contributed by atoms with van der Waals surface area (Å²) in [5.74, 6) is -0.836. The van der Waals surface area contributed by atoms with Crippen molar-refractivity contribution in [1.29, 1.82) is 5.26 Å². The van der Waals surface area contributed by atoms with E-state index >= 15 is 0 Å². The highest BCUT2D eigenvalue weighted by molar-refractivity contribution is 5.97. The van der Waals surface area contributed by atoms with Crippen LogP contribution in [0.5, 0.6) is 11.5 Å². The molecule has 0 radical (unpaired) electrons. The van der Waals surface area contributed by atoms with Gasteiger partial charge in [0.05, 0.1) is 6.61 Å². The van der Waals surface area contributed by atoms with E-state index in [1.165, 1.54) is 24.3 Å². The van der Waals surface area contributed by atoms with Crippen LogP contribution in [-0.2, 0) is 14.3 Å². The molecule has 0 atom stereocenters. The minimum Gasteiger partial charge on any atom is -0.482 e. The Bertz CT molecular complexity index is 1300. The van der Waals surface area contributed by atoms with E-state index in [1.807, 2.05) is 0 Å². The molecule has 1 heterocycles. The molecular formula is C24H19NO7. The molecule has 0 saturated carbocycles. The maximum Gasteiger partial charge on any atom is 0.349 e. The van der Waals surface area contributed by atoms with Gasteiger partial charge in [0.2, 0.25) is 0 Å². The number of ether oxygens (including phenoxy) is 3. The fourth-order valence-electron chi connectivity index (χ4n) is 2.88. The zero-order valence-corrected chi connectivity index (χ0v) is 17.4. The van der Waals surface area contributed by atoms with Gasteiger partial charge in [0, 0.05) is 17.5 Å². The van der Waals surface area contributed by atoms with Crippen LogP contribution in [0.25, 0.3) is 17.0 Å². The fourth-order valence-corrected chi connectivity index (χ4v) is 2.88. The normalized spacial score (nSPS) is 11.0. The van der Waals surface area contributed by atoms with E-state index in [0.29, 0.717) is 16.9 Å². The molecule has 0 aliphatic carbocycles. The third-order valence-electron chi connectivity index (χ3n) is 4.30.